The van der Waals surface area contributed by atoms with Crippen LogP contribution in [-0.2, 0) is 13.3 Å². The summed E-state index contributed by atoms with van der Waals surface area (Å²) in [5, 5.41) is 0.940. The molecule has 0 aromatic rings. The van der Waals surface area contributed by atoms with Gasteiger partial charge in [-0.25, -0.2) is 0 Å². The molecule has 0 unspecified atom stereocenters. The summed E-state index contributed by atoms with van der Waals surface area (Å²) in [6.45, 7) is 0. The minimum absolute atomic E-state index is 0.940. The van der Waals surface area contributed by atoms with E-state index in [1.165, 1.54) is 0 Å². The summed E-state index contributed by atoms with van der Waals surface area (Å²) in [6.07, 6.45) is 13.6. The third-order valence-electron chi connectivity index (χ3n) is 2.16. The first-order valence-corrected chi connectivity index (χ1v) is 6.39. The van der Waals surface area contributed by atoms with Crippen LogP contribution in [0.4, 0.5) is 0 Å². The van der Waals surface area contributed by atoms with E-state index in [1.807, 2.05) is 42.5 Å². The van der Waals surface area contributed by atoms with Gasteiger partial charge in [-0.2, -0.15) is 0 Å². The first kappa shape index (κ1) is 12.1. The van der Waals surface area contributed by atoms with Crippen LogP contribution in [0, 0.1) is 0 Å². The van der Waals surface area contributed by atoms with Crippen LogP contribution in [0.25, 0.3) is 0 Å². The van der Waals surface area contributed by atoms with E-state index in [2.05, 4.69) is 0 Å². The van der Waals surface area contributed by atoms with Crippen LogP contribution in [0.5, 0.6) is 0 Å². The van der Waals surface area contributed by atoms with Crippen molar-refractivity contribution in [3.05, 3.63) is 47.7 Å². The van der Waals surface area contributed by atoms with E-state index < -0.39 is 8.80 Å². The lowest BCUT2D eigenvalue weighted by atomic mass is 10.3. The zero-order valence-electron chi connectivity index (χ0n) is 9.27. The number of hydrogen-bond donors (Lipinski definition) is 0. The third-order valence-corrected chi connectivity index (χ3v) is 4.81. The second kappa shape index (κ2) is 5.82. The number of hydrogen-bond acceptors (Lipinski definition) is 3. The summed E-state index contributed by atoms with van der Waals surface area (Å²) in [6, 6.07) is 0. The van der Waals surface area contributed by atoms with E-state index in [4.69, 9.17) is 13.3 Å². The number of rotatable bonds is 4. The van der Waals surface area contributed by atoms with Gasteiger partial charge in [-0.1, -0.05) is 42.5 Å². The van der Waals surface area contributed by atoms with E-state index in [-0.39, 0.29) is 0 Å². The lowest BCUT2D eigenvalue weighted by Gasteiger charge is -2.25. The molecule has 82 valence electrons. The average molecular weight is 224 g/mol. The van der Waals surface area contributed by atoms with E-state index in [1.54, 1.807) is 21.3 Å². The van der Waals surface area contributed by atoms with Crippen molar-refractivity contribution in [3.8, 4) is 0 Å². The molecule has 0 atom stereocenters. The highest BCUT2D eigenvalue weighted by Gasteiger charge is 2.41. The molecule has 0 aromatic heterocycles. The molecule has 4 heteroatoms. The number of allylic oxidation sites excluding steroid dienone is 8. The predicted molar refractivity (Wildman–Crippen MR) is 62.3 cm³/mol. The molecule has 0 saturated carbocycles. The molecule has 15 heavy (non-hydrogen) atoms. The van der Waals surface area contributed by atoms with Crippen molar-refractivity contribution in [2.24, 2.45) is 0 Å². The Morgan fingerprint density at radius 3 is 1.93 bits per heavy atom. The Balaban J connectivity index is 3.01. The summed E-state index contributed by atoms with van der Waals surface area (Å²) < 4.78 is 16.2. The van der Waals surface area contributed by atoms with Gasteiger partial charge in [0.2, 0.25) is 0 Å². The fraction of sp³-hybridized carbons (Fsp3) is 0.273. The highest BCUT2D eigenvalue weighted by Crippen LogP contribution is 2.19. The molecule has 0 aromatic carbocycles. The Labute approximate surface area is 91.7 Å². The van der Waals surface area contributed by atoms with Gasteiger partial charge in [0.1, 0.15) is 0 Å². The zero-order chi connectivity index (χ0) is 11.1. The normalized spacial score (nSPS) is 16.1. The topological polar surface area (TPSA) is 27.7 Å². The van der Waals surface area contributed by atoms with Crippen molar-refractivity contribution in [1.82, 2.24) is 0 Å². The van der Waals surface area contributed by atoms with Crippen molar-refractivity contribution < 1.29 is 13.3 Å². The quantitative estimate of drug-likeness (QED) is 0.684. The van der Waals surface area contributed by atoms with Gasteiger partial charge < -0.3 is 13.3 Å². The predicted octanol–water partition coefficient (Wildman–Crippen LogP) is 2.01. The Morgan fingerprint density at radius 2 is 1.33 bits per heavy atom. The fourth-order valence-corrected chi connectivity index (χ4v) is 3.18. The summed E-state index contributed by atoms with van der Waals surface area (Å²) >= 11 is 0. The molecule has 3 nitrogen and oxygen atoms in total. The van der Waals surface area contributed by atoms with Crippen molar-refractivity contribution in [1.29, 1.82) is 0 Å². The summed E-state index contributed by atoms with van der Waals surface area (Å²) in [5.74, 6) is 0. The van der Waals surface area contributed by atoms with Gasteiger partial charge in [0.05, 0.1) is 0 Å². The zero-order valence-corrected chi connectivity index (χ0v) is 10.3. The maximum Gasteiger partial charge on any atom is 0.536 e. The van der Waals surface area contributed by atoms with Crippen molar-refractivity contribution >= 4 is 8.80 Å². The van der Waals surface area contributed by atoms with E-state index >= 15 is 0 Å². The fourth-order valence-electron chi connectivity index (χ4n) is 1.37. The van der Waals surface area contributed by atoms with Gasteiger partial charge in [-0.05, 0) is 0 Å². The summed E-state index contributed by atoms with van der Waals surface area (Å²) in [7, 11) is 2.13. The van der Waals surface area contributed by atoms with Crippen LogP contribution in [0.15, 0.2) is 47.7 Å². The Hall–Kier alpha value is -0.943. The maximum absolute atomic E-state index is 5.39. The first-order valence-electron chi connectivity index (χ1n) is 4.66. The van der Waals surface area contributed by atoms with Crippen molar-refractivity contribution in [2.75, 3.05) is 21.3 Å². The molecule has 0 amide bonds. The minimum atomic E-state index is -2.68. The molecule has 0 fully saturated rings. The van der Waals surface area contributed by atoms with Crippen LogP contribution >= 0.6 is 0 Å². The lowest BCUT2D eigenvalue weighted by Crippen LogP contribution is -2.45. The van der Waals surface area contributed by atoms with Crippen molar-refractivity contribution in [2.45, 2.75) is 0 Å². The Morgan fingerprint density at radius 1 is 0.800 bits per heavy atom. The summed E-state index contributed by atoms with van der Waals surface area (Å²) in [4.78, 5) is 0. The lowest BCUT2D eigenvalue weighted by molar-refractivity contribution is 0.136. The smallest absolute Gasteiger partial charge is 0.373 e. The standard InChI is InChI=1S/C11H16O3Si/c1-12-15(13-2,14-3)11-9-7-5-4-6-8-10-11/h4-10H,1-3H3. The molecule has 1 rings (SSSR count). The van der Waals surface area contributed by atoms with Gasteiger partial charge in [0.15, 0.2) is 0 Å². The molecule has 0 bridgehead atoms. The van der Waals surface area contributed by atoms with Gasteiger partial charge in [0.25, 0.3) is 0 Å². The molecule has 0 radical (unpaired) electrons. The van der Waals surface area contributed by atoms with Gasteiger partial charge >= 0.3 is 8.80 Å². The van der Waals surface area contributed by atoms with Crippen LogP contribution in [0.2, 0.25) is 0 Å². The third kappa shape index (κ3) is 2.76. The molecule has 0 heterocycles. The first-order chi connectivity index (χ1) is 7.29. The van der Waals surface area contributed by atoms with Crippen LogP contribution < -0.4 is 0 Å². The Bertz CT molecular complexity index is 304. The second-order valence-electron chi connectivity index (χ2n) is 2.92. The summed E-state index contributed by atoms with van der Waals surface area (Å²) in [5.41, 5.74) is 0. The van der Waals surface area contributed by atoms with E-state index in [0.717, 1.165) is 5.20 Å². The molecule has 0 spiro atoms. The highest BCUT2D eigenvalue weighted by atomic mass is 28.4. The average Bonchev–Trinajstić information content (AvgIpc) is 2.23. The van der Waals surface area contributed by atoms with Gasteiger partial charge in [0, 0.05) is 26.5 Å². The van der Waals surface area contributed by atoms with Crippen molar-refractivity contribution in [3.63, 3.8) is 0 Å². The monoisotopic (exact) mass is 224 g/mol. The van der Waals surface area contributed by atoms with Crippen LogP contribution in [0.3, 0.4) is 0 Å². The Kier molecular flexibility index (Phi) is 4.71. The molecule has 0 N–H and O–H groups in total. The molecule has 0 saturated heterocycles. The largest absolute Gasteiger partial charge is 0.536 e. The minimum Gasteiger partial charge on any atom is -0.373 e. The van der Waals surface area contributed by atoms with Crippen LogP contribution in [-0.4, -0.2) is 30.1 Å². The second-order valence-corrected chi connectivity index (χ2v) is 5.83. The van der Waals surface area contributed by atoms with E-state index in [0.29, 0.717) is 0 Å². The molecule has 1 aliphatic carbocycles. The molecular formula is C11H16O3Si. The molecule has 0 aliphatic heterocycles. The SMILES string of the molecule is CO[Si](OC)(OC)C1=CC=CC=CC=C1. The molecular weight excluding hydrogens is 208 g/mol. The van der Waals surface area contributed by atoms with Crippen LogP contribution in [0.1, 0.15) is 0 Å². The van der Waals surface area contributed by atoms with Gasteiger partial charge in [-0.15, -0.1) is 0 Å². The molecule has 1 aliphatic rings. The highest BCUT2D eigenvalue weighted by molar-refractivity contribution is 6.69. The van der Waals surface area contributed by atoms with E-state index in [9.17, 15) is 0 Å². The van der Waals surface area contributed by atoms with Gasteiger partial charge in [-0.3, -0.25) is 0 Å². The maximum atomic E-state index is 5.39.